The third-order valence-corrected chi connectivity index (χ3v) is 4.66. The van der Waals surface area contributed by atoms with Gasteiger partial charge in [0.05, 0.1) is 0 Å². The molecule has 3 rings (SSSR count). The molecule has 108 valence electrons. The second-order valence-electron chi connectivity index (χ2n) is 6.50. The van der Waals surface area contributed by atoms with Crippen molar-refractivity contribution >= 4 is 5.57 Å². The van der Waals surface area contributed by atoms with Crippen molar-refractivity contribution < 1.29 is 0 Å². The van der Waals surface area contributed by atoms with Crippen molar-refractivity contribution in [3.8, 4) is 0 Å². The van der Waals surface area contributed by atoms with Gasteiger partial charge in [-0.3, -0.25) is 0 Å². The van der Waals surface area contributed by atoms with Crippen LogP contribution in [0.4, 0.5) is 0 Å². The fraction of sp³-hybridized carbons (Fsp3) is 0.333. The molecule has 0 radical (unpaired) electrons. The standard InChI is InChI=1S/C21H24/c1-21(15-9-4-10-16-21)17-20(18-11-5-2-6-12-18)19-13-7-3-8-14-19/h2-3,5-8,11-14,17H,4,9-10,15-16H2,1H3. The third-order valence-electron chi connectivity index (χ3n) is 4.66. The zero-order valence-electron chi connectivity index (χ0n) is 12.9. The summed E-state index contributed by atoms with van der Waals surface area (Å²) in [5, 5.41) is 0. The van der Waals surface area contributed by atoms with Crippen molar-refractivity contribution in [1.29, 1.82) is 0 Å². The van der Waals surface area contributed by atoms with E-state index in [4.69, 9.17) is 0 Å². The second kappa shape index (κ2) is 6.30. The van der Waals surface area contributed by atoms with Gasteiger partial charge in [-0.1, -0.05) is 92.9 Å². The number of allylic oxidation sites excluding steroid dienone is 1. The summed E-state index contributed by atoms with van der Waals surface area (Å²) in [6.45, 7) is 2.43. The Morgan fingerprint density at radius 3 is 1.71 bits per heavy atom. The van der Waals surface area contributed by atoms with Crippen molar-refractivity contribution in [2.45, 2.75) is 39.0 Å². The number of hydrogen-bond donors (Lipinski definition) is 0. The van der Waals surface area contributed by atoms with Crippen LogP contribution in [-0.4, -0.2) is 0 Å². The molecule has 0 amide bonds. The average molecular weight is 276 g/mol. The molecule has 2 aromatic carbocycles. The molecule has 0 heteroatoms. The predicted octanol–water partition coefficient (Wildman–Crippen LogP) is 6.09. The maximum atomic E-state index is 2.54. The average Bonchev–Trinajstić information content (AvgIpc) is 2.55. The van der Waals surface area contributed by atoms with Gasteiger partial charge in [0.2, 0.25) is 0 Å². The van der Waals surface area contributed by atoms with Gasteiger partial charge in [0.15, 0.2) is 0 Å². The molecule has 0 bridgehead atoms. The Morgan fingerprint density at radius 1 is 0.762 bits per heavy atom. The molecule has 0 aromatic heterocycles. The monoisotopic (exact) mass is 276 g/mol. The molecule has 0 saturated heterocycles. The van der Waals surface area contributed by atoms with Crippen LogP contribution in [0, 0.1) is 5.41 Å². The van der Waals surface area contributed by atoms with E-state index in [2.05, 4.69) is 73.7 Å². The van der Waals surface area contributed by atoms with Crippen LogP contribution in [0.25, 0.3) is 5.57 Å². The van der Waals surface area contributed by atoms with Crippen molar-refractivity contribution in [3.05, 3.63) is 77.9 Å². The van der Waals surface area contributed by atoms with Gasteiger partial charge in [0.1, 0.15) is 0 Å². The summed E-state index contributed by atoms with van der Waals surface area (Å²) in [6.07, 6.45) is 9.30. The first-order valence-electron chi connectivity index (χ1n) is 8.11. The molecule has 0 spiro atoms. The van der Waals surface area contributed by atoms with Gasteiger partial charge in [-0.25, -0.2) is 0 Å². The minimum Gasteiger partial charge on any atom is -0.0701 e. The van der Waals surface area contributed by atoms with Gasteiger partial charge in [-0.2, -0.15) is 0 Å². The smallest absolute Gasteiger partial charge is 0.0137 e. The fourth-order valence-electron chi connectivity index (χ4n) is 3.42. The van der Waals surface area contributed by atoms with Gasteiger partial charge in [-0.05, 0) is 35.0 Å². The first-order chi connectivity index (χ1) is 10.3. The molecule has 0 nitrogen and oxygen atoms in total. The Hall–Kier alpha value is -1.82. The summed E-state index contributed by atoms with van der Waals surface area (Å²) in [5.74, 6) is 0. The summed E-state index contributed by atoms with van der Waals surface area (Å²) in [5.41, 5.74) is 4.39. The Kier molecular flexibility index (Phi) is 4.24. The fourth-order valence-corrected chi connectivity index (χ4v) is 3.42. The lowest BCUT2D eigenvalue weighted by atomic mass is 9.73. The van der Waals surface area contributed by atoms with Crippen LogP contribution < -0.4 is 0 Å². The highest BCUT2D eigenvalue weighted by atomic mass is 14.3. The number of hydrogen-bond acceptors (Lipinski definition) is 0. The van der Waals surface area contributed by atoms with Crippen molar-refractivity contribution in [1.82, 2.24) is 0 Å². The number of benzene rings is 2. The highest BCUT2D eigenvalue weighted by Gasteiger charge is 2.25. The van der Waals surface area contributed by atoms with Gasteiger partial charge >= 0.3 is 0 Å². The Morgan fingerprint density at radius 2 is 1.24 bits per heavy atom. The van der Waals surface area contributed by atoms with Crippen LogP contribution >= 0.6 is 0 Å². The molecule has 0 heterocycles. The normalized spacial score (nSPS) is 17.2. The lowest BCUT2D eigenvalue weighted by Gasteiger charge is -2.31. The van der Waals surface area contributed by atoms with Crippen LogP contribution in [0.2, 0.25) is 0 Å². The zero-order chi connectivity index (χ0) is 14.5. The molecular formula is C21H24. The van der Waals surface area contributed by atoms with E-state index < -0.39 is 0 Å². The first kappa shape index (κ1) is 14.1. The van der Waals surface area contributed by atoms with E-state index in [0.717, 1.165) is 0 Å². The topological polar surface area (TPSA) is 0 Å². The molecule has 1 fully saturated rings. The van der Waals surface area contributed by atoms with E-state index in [1.54, 1.807) is 0 Å². The summed E-state index contributed by atoms with van der Waals surface area (Å²) in [7, 11) is 0. The van der Waals surface area contributed by atoms with Crippen LogP contribution in [0.1, 0.15) is 50.2 Å². The maximum Gasteiger partial charge on any atom is -0.0137 e. The Labute approximate surface area is 128 Å². The predicted molar refractivity (Wildman–Crippen MR) is 91.2 cm³/mol. The molecule has 0 aliphatic heterocycles. The number of rotatable bonds is 3. The largest absolute Gasteiger partial charge is 0.0701 e. The van der Waals surface area contributed by atoms with E-state index in [-0.39, 0.29) is 0 Å². The summed E-state index contributed by atoms with van der Waals surface area (Å²) in [4.78, 5) is 0. The molecule has 1 saturated carbocycles. The van der Waals surface area contributed by atoms with Crippen molar-refractivity contribution in [3.63, 3.8) is 0 Å². The summed E-state index contributed by atoms with van der Waals surface area (Å²) < 4.78 is 0. The Balaban J connectivity index is 2.04. The summed E-state index contributed by atoms with van der Waals surface area (Å²) in [6, 6.07) is 21.6. The molecular weight excluding hydrogens is 252 g/mol. The maximum absolute atomic E-state index is 2.54. The molecule has 0 unspecified atom stereocenters. The highest BCUT2D eigenvalue weighted by molar-refractivity contribution is 5.80. The first-order valence-corrected chi connectivity index (χ1v) is 8.11. The van der Waals surface area contributed by atoms with Crippen LogP contribution in [0.3, 0.4) is 0 Å². The van der Waals surface area contributed by atoms with Crippen LogP contribution in [0.5, 0.6) is 0 Å². The lowest BCUT2D eigenvalue weighted by Crippen LogP contribution is -2.17. The molecule has 1 aliphatic carbocycles. The van der Waals surface area contributed by atoms with E-state index in [1.165, 1.54) is 48.8 Å². The van der Waals surface area contributed by atoms with Crippen molar-refractivity contribution in [2.24, 2.45) is 5.41 Å². The van der Waals surface area contributed by atoms with E-state index >= 15 is 0 Å². The van der Waals surface area contributed by atoms with Gasteiger partial charge < -0.3 is 0 Å². The molecule has 0 atom stereocenters. The quantitative estimate of drug-likeness (QED) is 0.636. The van der Waals surface area contributed by atoms with E-state index in [9.17, 15) is 0 Å². The second-order valence-corrected chi connectivity index (χ2v) is 6.50. The lowest BCUT2D eigenvalue weighted by molar-refractivity contribution is 0.287. The van der Waals surface area contributed by atoms with Crippen LogP contribution in [0.15, 0.2) is 66.7 Å². The third kappa shape index (κ3) is 3.44. The van der Waals surface area contributed by atoms with Crippen LogP contribution in [-0.2, 0) is 0 Å². The zero-order valence-corrected chi connectivity index (χ0v) is 12.9. The summed E-state index contributed by atoms with van der Waals surface area (Å²) >= 11 is 0. The molecule has 2 aromatic rings. The SMILES string of the molecule is CC1(C=C(c2ccccc2)c2ccccc2)CCCCC1. The van der Waals surface area contributed by atoms with E-state index in [0.29, 0.717) is 5.41 Å². The van der Waals surface area contributed by atoms with Gasteiger partial charge in [0, 0.05) is 0 Å². The van der Waals surface area contributed by atoms with Gasteiger partial charge in [-0.15, -0.1) is 0 Å². The van der Waals surface area contributed by atoms with Gasteiger partial charge in [0.25, 0.3) is 0 Å². The molecule has 0 N–H and O–H groups in total. The minimum absolute atomic E-state index is 0.346. The van der Waals surface area contributed by atoms with Crippen molar-refractivity contribution in [2.75, 3.05) is 0 Å². The highest BCUT2D eigenvalue weighted by Crippen LogP contribution is 2.40. The van der Waals surface area contributed by atoms with E-state index in [1.807, 2.05) is 0 Å². The Bertz CT molecular complexity index is 545. The molecule has 21 heavy (non-hydrogen) atoms. The molecule has 1 aliphatic rings. The minimum atomic E-state index is 0.346.